The first-order valence-corrected chi connectivity index (χ1v) is 25.9. The fourth-order valence-corrected chi connectivity index (χ4v) is 7.23. The van der Waals surface area contributed by atoms with Gasteiger partial charge in [-0.25, -0.2) is 4.57 Å². The highest BCUT2D eigenvalue weighted by molar-refractivity contribution is 7.47. The van der Waals surface area contributed by atoms with Crippen LogP contribution in [0.2, 0.25) is 0 Å². The van der Waals surface area contributed by atoms with Crippen molar-refractivity contribution in [3.63, 3.8) is 0 Å². The van der Waals surface area contributed by atoms with Gasteiger partial charge in [-0.05, 0) is 83.5 Å². The minimum Gasteiger partial charge on any atom is -0.457 e. The van der Waals surface area contributed by atoms with Crippen molar-refractivity contribution >= 4 is 13.8 Å². The highest BCUT2D eigenvalue weighted by Gasteiger charge is 2.26. The standard InChI is InChI=1S/C51H91O9P/c1-3-5-7-9-11-13-15-17-19-21-23-24-25-26-28-30-32-34-36-38-40-42-44-57-47-50(48-59-61(55,56)58-46-49(53)45-52)60-51(54)43-41-39-37-35-33-31-29-27-22-20-18-16-14-12-10-8-6-4-2/h5,7,11,13-14,16-17,19-20,22-24,49-50,52-53H,3-4,6,8-10,12,15,18,21,25-48H2,1-2H3,(H,55,56)/b7-5-,13-11-,16-14-,19-17-,22-20-,24-23-. The van der Waals surface area contributed by atoms with Crippen molar-refractivity contribution in [2.45, 2.75) is 212 Å². The molecule has 0 aromatic rings. The number of phosphoric ester groups is 1. The number of carbonyl (C=O) groups is 1. The second kappa shape index (κ2) is 47.4. The number of hydrogen-bond acceptors (Lipinski definition) is 8. The summed E-state index contributed by atoms with van der Waals surface area (Å²) in [5.74, 6) is -0.394. The number of phosphoric acid groups is 1. The molecule has 0 rings (SSSR count). The number of ether oxygens (including phenoxy) is 2. The molecule has 0 saturated carbocycles. The average molecular weight is 879 g/mol. The van der Waals surface area contributed by atoms with Crippen molar-refractivity contribution in [3.05, 3.63) is 72.9 Å². The summed E-state index contributed by atoms with van der Waals surface area (Å²) >= 11 is 0. The number of rotatable bonds is 46. The van der Waals surface area contributed by atoms with Gasteiger partial charge in [0.15, 0.2) is 0 Å². The minimum atomic E-state index is -4.53. The maximum Gasteiger partial charge on any atom is 0.472 e. The van der Waals surface area contributed by atoms with Crippen molar-refractivity contribution in [1.29, 1.82) is 0 Å². The van der Waals surface area contributed by atoms with Crippen LogP contribution in [0.5, 0.6) is 0 Å². The van der Waals surface area contributed by atoms with Crippen LogP contribution in [-0.4, -0.2) is 66.3 Å². The van der Waals surface area contributed by atoms with Crippen LogP contribution in [0.15, 0.2) is 72.9 Å². The summed E-state index contributed by atoms with van der Waals surface area (Å²) in [6.45, 7) is 3.37. The first-order chi connectivity index (χ1) is 29.8. The van der Waals surface area contributed by atoms with E-state index in [-0.39, 0.29) is 19.6 Å². The molecule has 0 heterocycles. The van der Waals surface area contributed by atoms with Crippen LogP contribution in [0, 0.1) is 0 Å². The summed E-state index contributed by atoms with van der Waals surface area (Å²) in [5, 5.41) is 18.4. The molecule has 10 heteroatoms. The molecule has 354 valence electrons. The normalized spacial score (nSPS) is 14.5. The van der Waals surface area contributed by atoms with Crippen molar-refractivity contribution < 1.29 is 43.0 Å². The van der Waals surface area contributed by atoms with E-state index in [1.165, 1.54) is 89.9 Å². The van der Waals surface area contributed by atoms with E-state index in [0.717, 1.165) is 89.9 Å². The van der Waals surface area contributed by atoms with Crippen LogP contribution in [0.4, 0.5) is 0 Å². The van der Waals surface area contributed by atoms with E-state index < -0.39 is 39.2 Å². The lowest BCUT2D eigenvalue weighted by molar-refractivity contribution is -0.154. The van der Waals surface area contributed by atoms with Gasteiger partial charge in [0.2, 0.25) is 0 Å². The highest BCUT2D eigenvalue weighted by atomic mass is 31.2. The molecule has 0 amide bonds. The predicted molar refractivity (Wildman–Crippen MR) is 256 cm³/mol. The number of hydrogen-bond donors (Lipinski definition) is 3. The third-order valence-electron chi connectivity index (χ3n) is 10.1. The van der Waals surface area contributed by atoms with E-state index in [2.05, 4.69) is 86.8 Å². The van der Waals surface area contributed by atoms with Crippen LogP contribution < -0.4 is 0 Å². The molecule has 0 aromatic carbocycles. The molecule has 0 aromatic heterocycles. The lowest BCUT2D eigenvalue weighted by Crippen LogP contribution is -2.29. The Morgan fingerprint density at radius 1 is 0.525 bits per heavy atom. The lowest BCUT2D eigenvalue weighted by atomic mass is 10.1. The predicted octanol–water partition coefficient (Wildman–Crippen LogP) is 14.1. The summed E-state index contributed by atoms with van der Waals surface area (Å²) < 4.78 is 33.5. The zero-order chi connectivity index (χ0) is 44.6. The third kappa shape index (κ3) is 47.2. The van der Waals surface area contributed by atoms with Gasteiger partial charge in [-0.1, -0.05) is 183 Å². The summed E-state index contributed by atoms with van der Waals surface area (Å²) in [7, 11) is -4.53. The zero-order valence-corrected chi connectivity index (χ0v) is 39.8. The Hall–Kier alpha value is -2.10. The molecule has 3 unspecified atom stereocenters. The van der Waals surface area contributed by atoms with E-state index >= 15 is 0 Å². The molecular weight excluding hydrogens is 788 g/mol. The zero-order valence-electron chi connectivity index (χ0n) is 38.9. The molecule has 9 nitrogen and oxygen atoms in total. The second-order valence-corrected chi connectivity index (χ2v) is 17.5. The number of allylic oxidation sites excluding steroid dienone is 12. The Morgan fingerprint density at radius 3 is 1.41 bits per heavy atom. The van der Waals surface area contributed by atoms with Crippen LogP contribution in [0.3, 0.4) is 0 Å². The van der Waals surface area contributed by atoms with E-state index in [4.69, 9.17) is 23.6 Å². The molecule has 3 N–H and O–H groups in total. The number of esters is 1. The van der Waals surface area contributed by atoms with Gasteiger partial charge in [-0.3, -0.25) is 13.8 Å². The van der Waals surface area contributed by atoms with Crippen LogP contribution in [0.25, 0.3) is 0 Å². The Labute approximate surface area is 373 Å². The van der Waals surface area contributed by atoms with Crippen LogP contribution in [0.1, 0.15) is 200 Å². The van der Waals surface area contributed by atoms with Crippen molar-refractivity contribution in [1.82, 2.24) is 0 Å². The Morgan fingerprint density at radius 2 is 0.934 bits per heavy atom. The number of unbranched alkanes of at least 4 members (excludes halogenated alkanes) is 20. The molecule has 0 aliphatic rings. The first kappa shape index (κ1) is 58.9. The molecule has 0 radical (unpaired) electrons. The molecule has 0 aliphatic heterocycles. The molecule has 0 fully saturated rings. The van der Waals surface area contributed by atoms with Crippen molar-refractivity contribution in [3.8, 4) is 0 Å². The smallest absolute Gasteiger partial charge is 0.457 e. The van der Waals surface area contributed by atoms with Gasteiger partial charge in [0.1, 0.15) is 12.2 Å². The van der Waals surface area contributed by atoms with Gasteiger partial charge in [-0.2, -0.15) is 0 Å². The molecular formula is C51H91O9P. The largest absolute Gasteiger partial charge is 0.472 e. The van der Waals surface area contributed by atoms with Crippen LogP contribution in [-0.2, 0) is 27.9 Å². The quantitative estimate of drug-likeness (QED) is 0.0237. The molecule has 0 bridgehead atoms. The van der Waals surface area contributed by atoms with Gasteiger partial charge >= 0.3 is 13.8 Å². The van der Waals surface area contributed by atoms with Gasteiger partial charge in [-0.15, -0.1) is 0 Å². The summed E-state index contributed by atoms with van der Waals surface area (Å²) in [6.07, 6.45) is 57.1. The number of aliphatic hydroxyl groups is 2. The van der Waals surface area contributed by atoms with E-state index in [9.17, 15) is 19.4 Å². The molecule has 0 saturated heterocycles. The summed E-state index contributed by atoms with van der Waals surface area (Å²) in [4.78, 5) is 22.7. The topological polar surface area (TPSA) is 132 Å². The van der Waals surface area contributed by atoms with Gasteiger partial charge in [0, 0.05) is 13.0 Å². The van der Waals surface area contributed by atoms with Gasteiger partial charge in [0.05, 0.1) is 26.4 Å². The second-order valence-electron chi connectivity index (χ2n) is 16.1. The lowest BCUT2D eigenvalue weighted by Gasteiger charge is -2.20. The van der Waals surface area contributed by atoms with E-state index in [1.807, 2.05) is 0 Å². The highest BCUT2D eigenvalue weighted by Crippen LogP contribution is 2.43. The molecule has 3 atom stereocenters. The SMILES string of the molecule is CC/C=C\C/C=C\C/C=C\C/C=C\CCCCCCCCCCCOCC(COP(=O)(O)OCC(O)CO)OC(=O)CCCCCCCCC/C=C\C/C=C\CCCCCC. The molecule has 61 heavy (non-hydrogen) atoms. The first-order valence-electron chi connectivity index (χ1n) is 24.4. The van der Waals surface area contributed by atoms with Crippen molar-refractivity contribution in [2.75, 3.05) is 33.0 Å². The van der Waals surface area contributed by atoms with E-state index in [1.54, 1.807) is 0 Å². The maximum atomic E-state index is 12.7. The Balaban J connectivity index is 4.14. The maximum absolute atomic E-state index is 12.7. The minimum absolute atomic E-state index is 0.0386. The Kier molecular flexibility index (Phi) is 45.7. The van der Waals surface area contributed by atoms with E-state index in [0.29, 0.717) is 6.61 Å². The Bertz CT molecular complexity index is 1180. The average Bonchev–Trinajstić information content (AvgIpc) is 3.25. The van der Waals surface area contributed by atoms with Gasteiger partial charge < -0.3 is 24.6 Å². The summed E-state index contributed by atoms with van der Waals surface area (Å²) in [5.41, 5.74) is 0. The van der Waals surface area contributed by atoms with Crippen LogP contribution >= 0.6 is 7.82 Å². The number of carbonyl (C=O) groups excluding carboxylic acids is 1. The van der Waals surface area contributed by atoms with Gasteiger partial charge in [0.25, 0.3) is 0 Å². The summed E-state index contributed by atoms with van der Waals surface area (Å²) in [6, 6.07) is 0. The fraction of sp³-hybridized carbons (Fsp3) is 0.745. The molecule has 0 aliphatic carbocycles. The fourth-order valence-electron chi connectivity index (χ4n) is 6.44. The monoisotopic (exact) mass is 879 g/mol. The third-order valence-corrected chi connectivity index (χ3v) is 11.1. The van der Waals surface area contributed by atoms with Crippen molar-refractivity contribution in [2.24, 2.45) is 0 Å². The molecule has 0 spiro atoms. The number of aliphatic hydroxyl groups excluding tert-OH is 2.